The SMILES string of the molecule is COc1ccc(CN2C(=O)[C@](O)(CC(=O)/C=C/C=C/c3ccccc3)c3ccccc32)cc1OC. The van der Waals surface area contributed by atoms with Crippen LogP contribution in [0.25, 0.3) is 6.08 Å². The number of allylic oxidation sites excluding steroid dienone is 3. The minimum Gasteiger partial charge on any atom is -0.493 e. The first kappa shape index (κ1) is 24.0. The Morgan fingerprint density at radius 3 is 2.40 bits per heavy atom. The summed E-state index contributed by atoms with van der Waals surface area (Å²) >= 11 is 0. The van der Waals surface area contributed by atoms with Crippen molar-refractivity contribution >= 4 is 23.5 Å². The molecule has 0 aliphatic carbocycles. The normalized spacial score (nSPS) is 17.2. The van der Waals surface area contributed by atoms with E-state index in [1.165, 1.54) is 11.0 Å². The van der Waals surface area contributed by atoms with Crippen LogP contribution in [0.1, 0.15) is 23.1 Å². The summed E-state index contributed by atoms with van der Waals surface area (Å²) in [5.41, 5.74) is 0.876. The van der Waals surface area contributed by atoms with Crippen LogP contribution in [0.15, 0.2) is 91.0 Å². The standard InChI is InChI=1S/C29H27NO5/c1-34-26-17-16-22(18-27(26)35-2)20-30-25-15-9-8-14-24(25)29(33,28(30)32)19-23(31)13-7-6-12-21-10-4-3-5-11-21/h3-18,33H,19-20H2,1-2H3/b12-6+,13-7+/t29-/m0/s1. The number of fused-ring (bicyclic) bond motifs is 1. The minimum atomic E-state index is -1.93. The van der Waals surface area contributed by atoms with Gasteiger partial charge in [-0.3, -0.25) is 9.59 Å². The quantitative estimate of drug-likeness (QED) is 0.364. The van der Waals surface area contributed by atoms with Gasteiger partial charge in [0.05, 0.1) is 32.9 Å². The Bertz CT molecular complexity index is 1280. The molecule has 0 radical (unpaired) electrons. The smallest absolute Gasteiger partial charge is 0.264 e. The molecule has 1 aliphatic heterocycles. The zero-order chi connectivity index (χ0) is 24.8. The summed E-state index contributed by atoms with van der Waals surface area (Å²) in [6.07, 6.45) is 6.28. The average molecular weight is 470 g/mol. The number of aliphatic hydroxyl groups is 1. The molecular formula is C29H27NO5. The monoisotopic (exact) mass is 469 g/mol. The van der Waals surface area contributed by atoms with Gasteiger partial charge >= 0.3 is 0 Å². The number of rotatable bonds is 9. The summed E-state index contributed by atoms with van der Waals surface area (Å²) in [6.45, 7) is 0.211. The van der Waals surface area contributed by atoms with E-state index in [4.69, 9.17) is 9.47 Å². The summed E-state index contributed by atoms with van der Waals surface area (Å²) in [4.78, 5) is 27.7. The van der Waals surface area contributed by atoms with Crippen LogP contribution in [0.4, 0.5) is 5.69 Å². The summed E-state index contributed by atoms with van der Waals surface area (Å²) in [7, 11) is 3.10. The van der Waals surface area contributed by atoms with Gasteiger partial charge in [0.1, 0.15) is 0 Å². The van der Waals surface area contributed by atoms with Crippen molar-refractivity contribution in [2.24, 2.45) is 0 Å². The highest BCUT2D eigenvalue weighted by Gasteiger charge is 2.50. The molecule has 1 aliphatic rings. The van der Waals surface area contributed by atoms with E-state index in [9.17, 15) is 14.7 Å². The van der Waals surface area contributed by atoms with Gasteiger partial charge in [0, 0.05) is 5.56 Å². The van der Waals surface area contributed by atoms with Crippen molar-refractivity contribution in [1.29, 1.82) is 0 Å². The maximum absolute atomic E-state index is 13.4. The second-order valence-corrected chi connectivity index (χ2v) is 8.23. The van der Waals surface area contributed by atoms with Crippen LogP contribution in [-0.4, -0.2) is 31.0 Å². The molecule has 0 spiro atoms. The van der Waals surface area contributed by atoms with E-state index in [1.807, 2.05) is 42.5 Å². The Balaban J connectivity index is 1.53. The number of carbonyl (C=O) groups excluding carboxylic acids is 2. The Morgan fingerprint density at radius 2 is 1.66 bits per heavy atom. The van der Waals surface area contributed by atoms with Gasteiger partial charge < -0.3 is 19.5 Å². The summed E-state index contributed by atoms with van der Waals surface area (Å²) in [5, 5.41) is 11.4. The average Bonchev–Trinajstić information content (AvgIpc) is 3.09. The summed E-state index contributed by atoms with van der Waals surface area (Å²) < 4.78 is 10.7. The van der Waals surface area contributed by atoms with Crippen LogP contribution in [0, 0.1) is 0 Å². The van der Waals surface area contributed by atoms with E-state index in [0.29, 0.717) is 22.7 Å². The molecule has 1 heterocycles. The Labute approximate surface area is 204 Å². The van der Waals surface area contributed by atoms with Crippen LogP contribution in [0.2, 0.25) is 0 Å². The lowest BCUT2D eigenvalue weighted by molar-refractivity contribution is -0.140. The molecule has 6 nitrogen and oxygen atoms in total. The first-order valence-electron chi connectivity index (χ1n) is 11.2. The van der Waals surface area contributed by atoms with E-state index < -0.39 is 11.5 Å². The van der Waals surface area contributed by atoms with Gasteiger partial charge in [-0.2, -0.15) is 0 Å². The number of nitrogens with zero attached hydrogens (tertiary/aromatic N) is 1. The molecule has 178 valence electrons. The Kier molecular flexibility index (Phi) is 7.13. The molecule has 0 saturated heterocycles. The van der Waals surface area contributed by atoms with Crippen molar-refractivity contribution in [3.8, 4) is 11.5 Å². The number of amides is 1. The molecule has 1 atom stereocenters. The Morgan fingerprint density at radius 1 is 0.943 bits per heavy atom. The lowest BCUT2D eigenvalue weighted by Crippen LogP contribution is -2.41. The third-order valence-corrected chi connectivity index (χ3v) is 5.94. The van der Waals surface area contributed by atoms with Gasteiger partial charge in [0.25, 0.3) is 5.91 Å². The molecule has 0 aromatic heterocycles. The van der Waals surface area contributed by atoms with Crippen molar-refractivity contribution in [3.05, 3.63) is 108 Å². The molecule has 0 saturated carbocycles. The highest BCUT2D eigenvalue weighted by molar-refractivity contribution is 6.09. The third kappa shape index (κ3) is 5.03. The number of ether oxygens (including phenoxy) is 2. The highest BCUT2D eigenvalue weighted by atomic mass is 16.5. The molecule has 6 heteroatoms. The van der Waals surface area contributed by atoms with Crippen LogP contribution < -0.4 is 14.4 Å². The Hall–Kier alpha value is -4.16. The molecular weight excluding hydrogens is 442 g/mol. The predicted molar refractivity (Wildman–Crippen MR) is 135 cm³/mol. The molecule has 35 heavy (non-hydrogen) atoms. The van der Waals surface area contributed by atoms with Crippen LogP contribution in [0.5, 0.6) is 11.5 Å². The second kappa shape index (κ2) is 10.4. The predicted octanol–water partition coefficient (Wildman–Crippen LogP) is 4.67. The number of carbonyl (C=O) groups is 2. The van der Waals surface area contributed by atoms with E-state index in [1.54, 1.807) is 62.8 Å². The van der Waals surface area contributed by atoms with Crippen LogP contribution in [0.3, 0.4) is 0 Å². The number of methoxy groups -OCH3 is 2. The number of benzene rings is 3. The topological polar surface area (TPSA) is 76.1 Å². The zero-order valence-electron chi connectivity index (χ0n) is 19.7. The first-order chi connectivity index (χ1) is 17.0. The first-order valence-corrected chi connectivity index (χ1v) is 11.2. The molecule has 1 N–H and O–H groups in total. The van der Waals surface area contributed by atoms with Crippen molar-refractivity contribution < 1.29 is 24.2 Å². The largest absolute Gasteiger partial charge is 0.493 e. The van der Waals surface area contributed by atoms with E-state index in [-0.39, 0.29) is 18.7 Å². The molecule has 0 fully saturated rings. The van der Waals surface area contributed by atoms with Gasteiger partial charge in [0.2, 0.25) is 0 Å². The van der Waals surface area contributed by atoms with Crippen LogP contribution in [-0.2, 0) is 21.7 Å². The zero-order valence-corrected chi connectivity index (χ0v) is 19.7. The number of para-hydroxylation sites is 1. The fourth-order valence-corrected chi connectivity index (χ4v) is 4.20. The van der Waals surface area contributed by atoms with E-state index in [2.05, 4.69) is 0 Å². The molecule has 4 rings (SSSR count). The highest BCUT2D eigenvalue weighted by Crippen LogP contribution is 2.43. The second-order valence-electron chi connectivity index (χ2n) is 8.23. The maximum atomic E-state index is 13.4. The fourth-order valence-electron chi connectivity index (χ4n) is 4.20. The number of ketones is 1. The minimum absolute atomic E-state index is 0.211. The lowest BCUT2D eigenvalue weighted by atomic mass is 9.90. The molecule has 0 bridgehead atoms. The van der Waals surface area contributed by atoms with Gasteiger partial charge in [0.15, 0.2) is 22.9 Å². The van der Waals surface area contributed by atoms with Gasteiger partial charge in [-0.05, 0) is 35.4 Å². The van der Waals surface area contributed by atoms with Gasteiger partial charge in [-0.1, -0.05) is 72.8 Å². The number of anilines is 1. The van der Waals surface area contributed by atoms with Gasteiger partial charge in [-0.15, -0.1) is 0 Å². The van der Waals surface area contributed by atoms with E-state index >= 15 is 0 Å². The van der Waals surface area contributed by atoms with Crippen molar-refractivity contribution in [1.82, 2.24) is 0 Å². The van der Waals surface area contributed by atoms with E-state index in [0.717, 1.165) is 11.1 Å². The van der Waals surface area contributed by atoms with Crippen LogP contribution >= 0.6 is 0 Å². The maximum Gasteiger partial charge on any atom is 0.264 e. The molecule has 0 unspecified atom stereocenters. The fraction of sp³-hybridized carbons (Fsp3) is 0.172. The lowest BCUT2D eigenvalue weighted by Gasteiger charge is -2.22. The molecule has 3 aromatic carbocycles. The molecule has 3 aromatic rings. The van der Waals surface area contributed by atoms with Crippen molar-refractivity contribution in [2.75, 3.05) is 19.1 Å². The summed E-state index contributed by atoms with van der Waals surface area (Å²) in [5.74, 6) is 0.250. The number of hydrogen-bond donors (Lipinski definition) is 1. The molecule has 1 amide bonds. The van der Waals surface area contributed by atoms with Crippen molar-refractivity contribution in [3.63, 3.8) is 0 Å². The summed E-state index contributed by atoms with van der Waals surface area (Å²) in [6, 6.07) is 22.1. The third-order valence-electron chi connectivity index (χ3n) is 5.94. The van der Waals surface area contributed by atoms with Gasteiger partial charge in [-0.25, -0.2) is 0 Å². The number of hydrogen-bond acceptors (Lipinski definition) is 5. The van der Waals surface area contributed by atoms with Crippen molar-refractivity contribution in [2.45, 2.75) is 18.6 Å².